The number of aliphatic hydroxyl groups is 1. The Morgan fingerprint density at radius 3 is 1.40 bits per heavy atom. The Bertz CT molecular complexity index is 2910. The number of aliphatic hydroxyl groups excluding tert-OH is 1. The molecular formula is C46H43BrN8O8S2. The van der Waals surface area contributed by atoms with E-state index in [1.54, 1.807) is 24.5 Å². The molecule has 19 heteroatoms. The van der Waals surface area contributed by atoms with E-state index < -0.39 is 20.0 Å². The molecule has 0 atom stereocenters. The lowest BCUT2D eigenvalue weighted by Crippen LogP contribution is -2.14. The Hall–Kier alpha value is -7.06. The van der Waals surface area contributed by atoms with Gasteiger partial charge in [-0.15, -0.1) is 0 Å². The van der Waals surface area contributed by atoms with E-state index in [0.717, 1.165) is 37.5 Å². The van der Waals surface area contributed by atoms with Crippen LogP contribution in [0.2, 0.25) is 0 Å². The van der Waals surface area contributed by atoms with Crippen LogP contribution in [0.25, 0.3) is 34.4 Å². The number of halogens is 1. The first-order valence-corrected chi connectivity index (χ1v) is 23.6. The molecule has 0 aliphatic carbocycles. The topological polar surface area (TPSA) is 218 Å². The standard InChI is InChI=1S/C25H22BrN5O4S.C21H21N3O4S/c1-18-7-9-20(10-8-18)22-23(31-36(32,33)14-11-19-5-3-2-4-6-19)29-17-30-24(22)34-12-13-35-25-27-15-21(26)16-28-25;1-16-7-9-18(10-8-16)19-20(22-15-23-21(19)28-13-12-25)24-29(26,27)14-11-17-5-3-2-4-6-17/h2-11,14-17H,12-13H2,1H3,(H,29,30,31);2-11,14-15,25H,12-13H2,1H3,(H,22,23,24)/b2*14-11+. The quantitative estimate of drug-likeness (QED) is 0.0693. The Morgan fingerprint density at radius 1 is 0.554 bits per heavy atom. The molecule has 16 nitrogen and oxygen atoms in total. The van der Waals surface area contributed by atoms with E-state index in [-0.39, 0.29) is 55.8 Å². The van der Waals surface area contributed by atoms with Gasteiger partial charge < -0.3 is 19.3 Å². The van der Waals surface area contributed by atoms with Crippen molar-refractivity contribution in [2.75, 3.05) is 35.9 Å². The summed E-state index contributed by atoms with van der Waals surface area (Å²) in [7, 11) is -7.71. The van der Waals surface area contributed by atoms with Crippen molar-refractivity contribution in [1.29, 1.82) is 0 Å². The van der Waals surface area contributed by atoms with Gasteiger partial charge in [0.05, 0.1) is 33.0 Å². The van der Waals surface area contributed by atoms with Crippen LogP contribution >= 0.6 is 15.9 Å². The highest BCUT2D eigenvalue weighted by molar-refractivity contribution is 9.10. The van der Waals surface area contributed by atoms with E-state index in [1.807, 2.05) is 111 Å². The molecule has 65 heavy (non-hydrogen) atoms. The summed E-state index contributed by atoms with van der Waals surface area (Å²) >= 11 is 3.27. The van der Waals surface area contributed by atoms with Crippen LogP contribution in [0.4, 0.5) is 11.6 Å². The molecule has 0 amide bonds. The molecule has 4 aromatic carbocycles. The minimum absolute atomic E-state index is 0.0238. The number of hydrogen-bond acceptors (Lipinski definition) is 14. The summed E-state index contributed by atoms with van der Waals surface area (Å²) in [6, 6.07) is 33.4. The average molecular weight is 980 g/mol. The third kappa shape index (κ3) is 14.8. The summed E-state index contributed by atoms with van der Waals surface area (Å²) in [5.74, 6) is 0.579. The molecule has 7 rings (SSSR count). The van der Waals surface area contributed by atoms with Gasteiger partial charge in [-0.05, 0) is 64.2 Å². The van der Waals surface area contributed by atoms with Gasteiger partial charge in [-0.2, -0.15) is 0 Å². The molecule has 0 aliphatic rings. The second-order valence-electron chi connectivity index (χ2n) is 13.7. The second kappa shape index (κ2) is 23.0. The Balaban J connectivity index is 0.000000221. The Labute approximate surface area is 385 Å². The number of hydrogen-bond donors (Lipinski definition) is 3. The third-order valence-electron chi connectivity index (χ3n) is 8.74. The lowest BCUT2D eigenvalue weighted by atomic mass is 10.1. The van der Waals surface area contributed by atoms with Gasteiger partial charge in [0.15, 0.2) is 11.6 Å². The molecule has 0 unspecified atom stereocenters. The second-order valence-corrected chi connectivity index (χ2v) is 17.8. The summed E-state index contributed by atoms with van der Waals surface area (Å²) in [6.45, 7) is 4.01. The molecule has 0 aliphatic heterocycles. The van der Waals surface area contributed by atoms with Crippen LogP contribution in [0.3, 0.4) is 0 Å². The number of anilines is 2. The number of aromatic nitrogens is 6. The summed E-state index contributed by atoms with van der Waals surface area (Å²) in [5.41, 5.74) is 5.80. The first kappa shape index (κ1) is 47.4. The first-order valence-electron chi connectivity index (χ1n) is 19.7. The van der Waals surface area contributed by atoms with Crippen molar-refractivity contribution in [3.63, 3.8) is 0 Å². The lowest BCUT2D eigenvalue weighted by molar-refractivity contribution is 0.197. The first-order chi connectivity index (χ1) is 31.4. The zero-order valence-corrected chi connectivity index (χ0v) is 38.2. The number of benzene rings is 4. The lowest BCUT2D eigenvalue weighted by Gasteiger charge is -2.15. The van der Waals surface area contributed by atoms with E-state index in [2.05, 4.69) is 55.3 Å². The van der Waals surface area contributed by atoms with Crippen molar-refractivity contribution in [3.05, 3.63) is 172 Å². The fraction of sp³-hybridized carbons (Fsp3) is 0.130. The molecule has 0 fully saturated rings. The smallest absolute Gasteiger partial charge is 0.316 e. The van der Waals surface area contributed by atoms with Crippen molar-refractivity contribution in [2.45, 2.75) is 13.8 Å². The maximum Gasteiger partial charge on any atom is 0.316 e. The van der Waals surface area contributed by atoms with E-state index in [0.29, 0.717) is 22.3 Å². The SMILES string of the molecule is Cc1ccc(-c2c(NS(=O)(=O)/C=C/c3ccccc3)ncnc2OCCO)cc1.Cc1ccc(-c2c(NS(=O)(=O)/C=C/c3ccccc3)ncnc2OCCOc2ncc(Br)cn2)cc1. The van der Waals surface area contributed by atoms with E-state index in [9.17, 15) is 16.8 Å². The summed E-state index contributed by atoms with van der Waals surface area (Å²) in [5, 5.41) is 11.2. The number of rotatable bonds is 18. The summed E-state index contributed by atoms with van der Waals surface area (Å²) in [6.07, 6.45) is 8.61. The van der Waals surface area contributed by atoms with E-state index in [4.69, 9.17) is 19.3 Å². The fourth-order valence-corrected chi connectivity index (χ4v) is 7.53. The van der Waals surface area contributed by atoms with Crippen LogP contribution in [0.1, 0.15) is 22.3 Å². The van der Waals surface area contributed by atoms with Crippen molar-refractivity contribution < 1.29 is 36.2 Å². The number of nitrogens with zero attached hydrogens (tertiary/aromatic N) is 6. The fourth-order valence-electron chi connectivity index (χ4n) is 5.66. The predicted octanol–water partition coefficient (Wildman–Crippen LogP) is 8.11. The van der Waals surface area contributed by atoms with Crippen LogP contribution in [0.5, 0.6) is 17.8 Å². The number of ether oxygens (including phenoxy) is 3. The Kier molecular flexibility index (Phi) is 16.8. The molecule has 7 aromatic rings. The van der Waals surface area contributed by atoms with Crippen molar-refractivity contribution in [2.24, 2.45) is 0 Å². The zero-order valence-electron chi connectivity index (χ0n) is 35.0. The predicted molar refractivity (Wildman–Crippen MR) is 254 cm³/mol. The van der Waals surface area contributed by atoms with Gasteiger partial charge in [-0.25, -0.2) is 46.7 Å². The molecule has 3 N–H and O–H groups in total. The van der Waals surface area contributed by atoms with Gasteiger partial charge in [0, 0.05) is 12.4 Å². The van der Waals surface area contributed by atoms with Crippen LogP contribution < -0.4 is 23.7 Å². The highest BCUT2D eigenvalue weighted by Gasteiger charge is 2.20. The molecule has 0 spiro atoms. The summed E-state index contributed by atoms with van der Waals surface area (Å²) in [4.78, 5) is 24.7. The third-order valence-corrected chi connectivity index (χ3v) is 11.1. The number of sulfonamides is 2. The Morgan fingerprint density at radius 2 is 0.969 bits per heavy atom. The molecule has 3 heterocycles. The highest BCUT2D eigenvalue weighted by atomic mass is 79.9. The van der Waals surface area contributed by atoms with Crippen molar-refractivity contribution in [3.8, 4) is 40.0 Å². The molecule has 3 aromatic heterocycles. The van der Waals surface area contributed by atoms with Crippen molar-refractivity contribution in [1.82, 2.24) is 29.9 Å². The van der Waals surface area contributed by atoms with Crippen molar-refractivity contribution >= 4 is 59.8 Å². The summed E-state index contributed by atoms with van der Waals surface area (Å²) < 4.78 is 73.5. The van der Waals surface area contributed by atoms with Gasteiger partial charge in [-0.3, -0.25) is 9.44 Å². The normalized spacial score (nSPS) is 11.4. The largest absolute Gasteiger partial charge is 0.475 e. The van der Waals surface area contributed by atoms with E-state index >= 15 is 0 Å². The van der Waals surface area contributed by atoms with Crippen LogP contribution in [0, 0.1) is 13.8 Å². The maximum atomic E-state index is 12.8. The maximum absolute atomic E-state index is 12.8. The molecular weight excluding hydrogens is 937 g/mol. The molecule has 334 valence electrons. The van der Waals surface area contributed by atoms with Gasteiger partial charge in [-0.1, -0.05) is 120 Å². The van der Waals surface area contributed by atoms with Gasteiger partial charge >= 0.3 is 6.01 Å². The molecule has 0 saturated carbocycles. The molecule has 0 saturated heterocycles. The zero-order chi connectivity index (χ0) is 46.1. The number of nitrogens with one attached hydrogen (secondary N) is 2. The van der Waals surface area contributed by atoms with Gasteiger partial charge in [0.1, 0.15) is 32.5 Å². The highest BCUT2D eigenvalue weighted by Crippen LogP contribution is 2.36. The van der Waals surface area contributed by atoms with Gasteiger partial charge in [0.2, 0.25) is 11.8 Å². The van der Waals surface area contributed by atoms with Crippen LogP contribution in [-0.4, -0.2) is 78.3 Å². The van der Waals surface area contributed by atoms with Crippen LogP contribution in [-0.2, 0) is 20.0 Å². The van der Waals surface area contributed by atoms with Gasteiger partial charge in [0.25, 0.3) is 20.0 Å². The average Bonchev–Trinajstić information content (AvgIpc) is 3.30. The minimum atomic E-state index is -3.87. The number of aryl methyl sites for hydroxylation is 2. The molecule has 0 radical (unpaired) electrons. The van der Waals surface area contributed by atoms with E-state index in [1.165, 1.54) is 24.8 Å². The monoisotopic (exact) mass is 978 g/mol. The van der Waals surface area contributed by atoms with Crippen LogP contribution in [0.15, 0.2) is 150 Å². The minimum Gasteiger partial charge on any atom is -0.475 e. The molecule has 0 bridgehead atoms.